The first-order valence-electron chi connectivity index (χ1n) is 7.91. The van der Waals surface area contributed by atoms with E-state index >= 15 is 0 Å². The Morgan fingerprint density at radius 1 is 1.25 bits per heavy atom. The van der Waals surface area contributed by atoms with Crippen LogP contribution in [0.5, 0.6) is 0 Å². The highest BCUT2D eigenvalue weighted by Crippen LogP contribution is 2.35. The summed E-state index contributed by atoms with van der Waals surface area (Å²) in [7, 11) is 1.84. The highest BCUT2D eigenvalue weighted by molar-refractivity contribution is 5.37. The Morgan fingerprint density at radius 2 is 2.00 bits per heavy atom. The van der Waals surface area contributed by atoms with Crippen LogP contribution in [0.3, 0.4) is 0 Å². The molecular formula is C17H26N2O. The molecule has 3 heteroatoms. The molecule has 2 atom stereocenters. The number of likely N-dealkylation sites (N-methyl/N-ethyl adjacent to an activating group) is 1. The van der Waals surface area contributed by atoms with Gasteiger partial charge in [-0.15, -0.1) is 0 Å². The average molecular weight is 274 g/mol. The van der Waals surface area contributed by atoms with Crippen LogP contribution in [0.2, 0.25) is 0 Å². The number of likely N-dealkylation sites (tertiary alicyclic amines) is 1. The van der Waals surface area contributed by atoms with Gasteiger partial charge in [0.2, 0.25) is 0 Å². The summed E-state index contributed by atoms with van der Waals surface area (Å²) in [6.45, 7) is 5.57. The number of hydrogen-bond donors (Lipinski definition) is 1. The Kier molecular flexibility index (Phi) is 4.39. The molecule has 1 N–H and O–H groups in total. The van der Waals surface area contributed by atoms with E-state index in [2.05, 4.69) is 41.4 Å². The van der Waals surface area contributed by atoms with Crippen LogP contribution in [0.4, 0.5) is 0 Å². The smallest absolute Gasteiger partial charge is 0.0595 e. The molecule has 2 unspecified atom stereocenters. The maximum Gasteiger partial charge on any atom is 0.0595 e. The van der Waals surface area contributed by atoms with Gasteiger partial charge >= 0.3 is 0 Å². The fourth-order valence-electron chi connectivity index (χ4n) is 3.82. The summed E-state index contributed by atoms with van der Waals surface area (Å²) in [6, 6.07) is 10.0. The fourth-order valence-corrected chi connectivity index (χ4v) is 3.82. The molecule has 3 nitrogen and oxygen atoms in total. The number of hydrogen-bond acceptors (Lipinski definition) is 3. The van der Waals surface area contributed by atoms with Gasteiger partial charge in [0.25, 0.3) is 0 Å². The van der Waals surface area contributed by atoms with Gasteiger partial charge in [-0.3, -0.25) is 4.90 Å². The number of nitrogens with one attached hydrogen (secondary N) is 1. The molecule has 20 heavy (non-hydrogen) atoms. The van der Waals surface area contributed by atoms with Crippen LogP contribution in [-0.2, 0) is 11.2 Å². The quantitative estimate of drug-likeness (QED) is 0.912. The molecule has 1 heterocycles. The minimum absolute atomic E-state index is 0.465. The highest BCUT2D eigenvalue weighted by atomic mass is 16.5. The predicted octanol–water partition coefficient (Wildman–Crippen LogP) is 2.37. The van der Waals surface area contributed by atoms with Crippen molar-refractivity contribution in [2.45, 2.75) is 44.4 Å². The second kappa shape index (κ2) is 6.25. The zero-order valence-corrected chi connectivity index (χ0v) is 12.6. The van der Waals surface area contributed by atoms with Gasteiger partial charge in [0.05, 0.1) is 6.10 Å². The van der Waals surface area contributed by atoms with Crippen molar-refractivity contribution < 1.29 is 4.74 Å². The first-order chi connectivity index (χ1) is 9.83. The van der Waals surface area contributed by atoms with Gasteiger partial charge in [-0.25, -0.2) is 0 Å². The molecule has 1 aliphatic heterocycles. The molecule has 0 amide bonds. The van der Waals surface area contributed by atoms with Crippen molar-refractivity contribution in [3.8, 4) is 0 Å². The molecule has 3 rings (SSSR count). The Balaban J connectivity index is 1.74. The number of rotatable bonds is 4. The number of methoxy groups -OCH3 is 1. The van der Waals surface area contributed by atoms with Crippen LogP contribution >= 0.6 is 0 Å². The molecule has 1 saturated heterocycles. The number of ether oxygens (including phenoxy) is 1. The van der Waals surface area contributed by atoms with E-state index in [4.69, 9.17) is 4.74 Å². The molecule has 1 aliphatic carbocycles. The molecule has 0 saturated carbocycles. The summed E-state index contributed by atoms with van der Waals surface area (Å²) >= 11 is 0. The molecule has 0 spiro atoms. The summed E-state index contributed by atoms with van der Waals surface area (Å²) in [6.07, 6.45) is 3.99. The maximum absolute atomic E-state index is 5.50. The predicted molar refractivity (Wildman–Crippen MR) is 82.0 cm³/mol. The van der Waals surface area contributed by atoms with Crippen LogP contribution in [0.1, 0.15) is 36.9 Å². The second-order valence-electron chi connectivity index (χ2n) is 5.98. The van der Waals surface area contributed by atoms with Crippen molar-refractivity contribution in [3.05, 3.63) is 35.4 Å². The first-order valence-corrected chi connectivity index (χ1v) is 7.91. The lowest BCUT2D eigenvalue weighted by Gasteiger charge is -2.38. The molecule has 2 aliphatic rings. The van der Waals surface area contributed by atoms with Crippen molar-refractivity contribution in [3.63, 3.8) is 0 Å². The summed E-state index contributed by atoms with van der Waals surface area (Å²) in [5, 5.41) is 3.70. The lowest BCUT2D eigenvalue weighted by atomic mass is 10.0. The van der Waals surface area contributed by atoms with Crippen LogP contribution < -0.4 is 5.32 Å². The third kappa shape index (κ3) is 2.62. The number of nitrogens with zero attached hydrogens (tertiary/aromatic N) is 1. The minimum Gasteiger partial charge on any atom is -0.381 e. The van der Waals surface area contributed by atoms with Gasteiger partial charge in [-0.1, -0.05) is 31.2 Å². The van der Waals surface area contributed by atoms with Crippen molar-refractivity contribution in [2.75, 3.05) is 26.7 Å². The molecule has 1 fully saturated rings. The van der Waals surface area contributed by atoms with E-state index in [1.807, 2.05) is 7.11 Å². The van der Waals surface area contributed by atoms with E-state index < -0.39 is 0 Å². The second-order valence-corrected chi connectivity index (χ2v) is 5.98. The number of benzene rings is 1. The van der Waals surface area contributed by atoms with E-state index in [-0.39, 0.29) is 0 Å². The highest BCUT2D eigenvalue weighted by Gasteiger charge is 2.36. The monoisotopic (exact) mass is 274 g/mol. The Labute approximate surface area is 122 Å². The summed E-state index contributed by atoms with van der Waals surface area (Å²) in [5.74, 6) is 0. The Bertz CT molecular complexity index is 440. The van der Waals surface area contributed by atoms with E-state index in [0.717, 1.165) is 6.54 Å². The number of piperidine rings is 1. The largest absolute Gasteiger partial charge is 0.381 e. The van der Waals surface area contributed by atoms with Crippen molar-refractivity contribution in [2.24, 2.45) is 0 Å². The van der Waals surface area contributed by atoms with Crippen molar-refractivity contribution in [1.82, 2.24) is 10.2 Å². The average Bonchev–Trinajstić information content (AvgIpc) is 2.87. The van der Waals surface area contributed by atoms with Crippen LogP contribution in [0, 0.1) is 0 Å². The van der Waals surface area contributed by atoms with Crippen molar-refractivity contribution in [1.29, 1.82) is 0 Å². The molecule has 1 aromatic rings. The first kappa shape index (κ1) is 14.1. The minimum atomic E-state index is 0.465. The topological polar surface area (TPSA) is 24.5 Å². The lowest BCUT2D eigenvalue weighted by Crippen LogP contribution is -2.47. The van der Waals surface area contributed by atoms with E-state index in [0.29, 0.717) is 18.2 Å². The SMILES string of the molecule is CCNC1c2ccccc2CC1N1CCC(OC)CC1. The summed E-state index contributed by atoms with van der Waals surface area (Å²) in [5.41, 5.74) is 3.03. The van der Waals surface area contributed by atoms with Crippen LogP contribution in [0.15, 0.2) is 24.3 Å². The maximum atomic E-state index is 5.50. The third-order valence-electron chi connectivity index (χ3n) is 4.91. The molecule has 110 valence electrons. The molecule has 0 aromatic heterocycles. The normalized spacial score (nSPS) is 27.7. The molecular weight excluding hydrogens is 248 g/mol. The Morgan fingerprint density at radius 3 is 2.70 bits per heavy atom. The molecule has 0 bridgehead atoms. The van der Waals surface area contributed by atoms with Gasteiger partial charge in [0, 0.05) is 32.3 Å². The van der Waals surface area contributed by atoms with Crippen molar-refractivity contribution >= 4 is 0 Å². The fraction of sp³-hybridized carbons (Fsp3) is 0.647. The molecule has 0 radical (unpaired) electrons. The third-order valence-corrected chi connectivity index (χ3v) is 4.91. The van der Waals surface area contributed by atoms with E-state index in [9.17, 15) is 0 Å². The zero-order chi connectivity index (χ0) is 13.9. The van der Waals surface area contributed by atoms with Gasteiger partial charge in [-0.05, 0) is 36.9 Å². The standard InChI is InChI=1S/C17H26N2O/c1-3-18-17-15-7-5-4-6-13(15)12-16(17)19-10-8-14(20-2)9-11-19/h4-7,14,16-18H,3,8-12H2,1-2H3. The van der Waals surface area contributed by atoms with Crippen LogP contribution in [-0.4, -0.2) is 43.8 Å². The van der Waals surface area contributed by atoms with Crippen LogP contribution in [0.25, 0.3) is 0 Å². The zero-order valence-electron chi connectivity index (χ0n) is 12.6. The van der Waals surface area contributed by atoms with Gasteiger partial charge in [-0.2, -0.15) is 0 Å². The van der Waals surface area contributed by atoms with E-state index in [1.165, 1.54) is 43.5 Å². The summed E-state index contributed by atoms with van der Waals surface area (Å²) in [4.78, 5) is 2.67. The summed E-state index contributed by atoms with van der Waals surface area (Å²) < 4.78 is 5.50. The Hall–Kier alpha value is -0.900. The lowest BCUT2D eigenvalue weighted by molar-refractivity contribution is 0.0228. The number of fused-ring (bicyclic) bond motifs is 1. The van der Waals surface area contributed by atoms with Gasteiger partial charge in [0.1, 0.15) is 0 Å². The van der Waals surface area contributed by atoms with Gasteiger partial charge in [0.15, 0.2) is 0 Å². The molecule has 1 aromatic carbocycles. The van der Waals surface area contributed by atoms with Gasteiger partial charge < -0.3 is 10.1 Å². The van der Waals surface area contributed by atoms with E-state index in [1.54, 1.807) is 0 Å².